The van der Waals surface area contributed by atoms with Crippen molar-refractivity contribution in [1.29, 1.82) is 0 Å². The van der Waals surface area contributed by atoms with E-state index in [1.807, 2.05) is 0 Å². The lowest BCUT2D eigenvalue weighted by atomic mass is 9.96. The third kappa shape index (κ3) is 3.20. The Labute approximate surface area is 114 Å². The van der Waals surface area contributed by atoms with E-state index in [0.717, 1.165) is 23.4 Å². The zero-order valence-electron chi connectivity index (χ0n) is 12.1. The fourth-order valence-corrected chi connectivity index (χ4v) is 3.14. The predicted octanol–water partition coefficient (Wildman–Crippen LogP) is 2.22. The standard InChI is InChI=1S/C13H24N4S/c1-13(2,3)11-14-12(18-15-11)17(5)9-10-6-7-16(4)8-10/h10H,6-9H2,1-5H3. The molecule has 1 aromatic heterocycles. The van der Waals surface area contributed by atoms with Crippen LogP contribution < -0.4 is 4.90 Å². The largest absolute Gasteiger partial charge is 0.350 e. The first kappa shape index (κ1) is 13.7. The molecule has 0 aliphatic carbocycles. The van der Waals surface area contributed by atoms with Crippen LogP contribution in [-0.2, 0) is 5.41 Å². The lowest BCUT2D eigenvalue weighted by Crippen LogP contribution is -2.27. The molecule has 4 nitrogen and oxygen atoms in total. The van der Waals surface area contributed by atoms with Crippen LogP contribution in [0.2, 0.25) is 0 Å². The van der Waals surface area contributed by atoms with Crippen LogP contribution in [-0.4, -0.2) is 48.0 Å². The highest BCUT2D eigenvalue weighted by atomic mass is 32.1. The van der Waals surface area contributed by atoms with E-state index >= 15 is 0 Å². The molecular formula is C13H24N4S. The van der Waals surface area contributed by atoms with E-state index < -0.39 is 0 Å². The first-order valence-corrected chi connectivity index (χ1v) is 7.37. The molecular weight excluding hydrogens is 244 g/mol. The molecule has 2 heterocycles. The van der Waals surface area contributed by atoms with E-state index in [0.29, 0.717) is 0 Å². The summed E-state index contributed by atoms with van der Waals surface area (Å²) in [7, 11) is 4.33. The molecule has 0 N–H and O–H groups in total. The van der Waals surface area contributed by atoms with Gasteiger partial charge in [-0.1, -0.05) is 20.8 Å². The number of hydrogen-bond acceptors (Lipinski definition) is 5. The maximum absolute atomic E-state index is 4.66. The highest BCUT2D eigenvalue weighted by Gasteiger charge is 2.24. The second-order valence-corrected chi connectivity index (χ2v) is 7.18. The van der Waals surface area contributed by atoms with Crippen molar-refractivity contribution in [1.82, 2.24) is 14.3 Å². The molecule has 1 atom stereocenters. The molecule has 1 aliphatic heterocycles. The predicted molar refractivity (Wildman–Crippen MR) is 77.5 cm³/mol. The fourth-order valence-electron chi connectivity index (χ4n) is 2.32. The van der Waals surface area contributed by atoms with Crippen molar-refractivity contribution in [2.24, 2.45) is 5.92 Å². The van der Waals surface area contributed by atoms with Gasteiger partial charge in [0, 0.05) is 37.1 Å². The van der Waals surface area contributed by atoms with Gasteiger partial charge >= 0.3 is 0 Å². The Hall–Kier alpha value is -0.680. The van der Waals surface area contributed by atoms with Crippen molar-refractivity contribution < 1.29 is 0 Å². The van der Waals surface area contributed by atoms with Gasteiger partial charge < -0.3 is 9.80 Å². The summed E-state index contributed by atoms with van der Waals surface area (Å²) >= 11 is 1.52. The molecule has 0 spiro atoms. The molecule has 1 aromatic rings. The summed E-state index contributed by atoms with van der Waals surface area (Å²) in [4.78, 5) is 9.32. The Bertz CT molecular complexity index is 396. The maximum Gasteiger partial charge on any atom is 0.204 e. The average Bonchev–Trinajstić information content (AvgIpc) is 2.85. The molecule has 0 saturated carbocycles. The monoisotopic (exact) mass is 268 g/mol. The quantitative estimate of drug-likeness (QED) is 0.841. The summed E-state index contributed by atoms with van der Waals surface area (Å²) in [5, 5.41) is 1.05. The van der Waals surface area contributed by atoms with Gasteiger partial charge in [-0.3, -0.25) is 0 Å². The lowest BCUT2D eigenvalue weighted by molar-refractivity contribution is 0.396. The van der Waals surface area contributed by atoms with Crippen LogP contribution in [0.5, 0.6) is 0 Å². The maximum atomic E-state index is 4.66. The molecule has 0 amide bonds. The van der Waals surface area contributed by atoms with Gasteiger partial charge in [0.15, 0.2) is 0 Å². The summed E-state index contributed by atoms with van der Waals surface area (Å²) < 4.78 is 4.48. The second kappa shape index (κ2) is 5.13. The molecule has 5 heteroatoms. The Kier molecular flexibility index (Phi) is 3.92. The fraction of sp³-hybridized carbons (Fsp3) is 0.846. The van der Waals surface area contributed by atoms with Crippen molar-refractivity contribution in [3.05, 3.63) is 5.82 Å². The first-order valence-electron chi connectivity index (χ1n) is 6.60. The Morgan fingerprint density at radius 1 is 1.44 bits per heavy atom. The molecule has 102 valence electrons. The Morgan fingerprint density at radius 3 is 2.67 bits per heavy atom. The molecule has 0 aromatic carbocycles. The molecule has 0 bridgehead atoms. The summed E-state index contributed by atoms with van der Waals surface area (Å²) in [6.45, 7) is 9.99. The number of rotatable bonds is 3. The van der Waals surface area contributed by atoms with Gasteiger partial charge in [-0.2, -0.15) is 4.37 Å². The van der Waals surface area contributed by atoms with Crippen LogP contribution in [0.25, 0.3) is 0 Å². The van der Waals surface area contributed by atoms with Crippen LogP contribution >= 0.6 is 11.5 Å². The van der Waals surface area contributed by atoms with Gasteiger partial charge in [0.25, 0.3) is 0 Å². The minimum atomic E-state index is 0.0448. The average molecular weight is 268 g/mol. The van der Waals surface area contributed by atoms with Crippen molar-refractivity contribution >= 4 is 16.7 Å². The van der Waals surface area contributed by atoms with Crippen LogP contribution in [0.4, 0.5) is 5.13 Å². The van der Waals surface area contributed by atoms with Crippen molar-refractivity contribution in [3.63, 3.8) is 0 Å². The third-order valence-electron chi connectivity index (χ3n) is 3.43. The summed E-state index contributed by atoms with van der Waals surface area (Å²) in [5.74, 6) is 1.72. The van der Waals surface area contributed by atoms with Crippen molar-refractivity contribution in [3.8, 4) is 0 Å². The zero-order chi connectivity index (χ0) is 13.3. The molecule has 1 fully saturated rings. The molecule has 1 aliphatic rings. The molecule has 1 unspecified atom stereocenters. The highest BCUT2D eigenvalue weighted by Crippen LogP contribution is 2.26. The number of anilines is 1. The third-order valence-corrected chi connectivity index (χ3v) is 4.26. The van der Waals surface area contributed by atoms with Crippen molar-refractivity contribution in [2.45, 2.75) is 32.6 Å². The Morgan fingerprint density at radius 2 is 2.17 bits per heavy atom. The van der Waals surface area contributed by atoms with E-state index in [2.05, 4.69) is 54.0 Å². The molecule has 2 rings (SSSR count). The first-order chi connectivity index (χ1) is 8.36. The lowest BCUT2D eigenvalue weighted by Gasteiger charge is -2.20. The van der Waals surface area contributed by atoms with Gasteiger partial charge in [-0.05, 0) is 25.9 Å². The minimum Gasteiger partial charge on any atom is -0.350 e. The molecule has 1 saturated heterocycles. The van der Waals surface area contributed by atoms with Gasteiger partial charge in [-0.25, -0.2) is 4.98 Å². The summed E-state index contributed by atoms with van der Waals surface area (Å²) in [5.41, 5.74) is 0.0448. The molecule has 0 radical (unpaired) electrons. The van der Waals surface area contributed by atoms with Crippen LogP contribution in [0.1, 0.15) is 33.0 Å². The van der Waals surface area contributed by atoms with Gasteiger partial charge in [0.05, 0.1) is 0 Å². The van der Waals surface area contributed by atoms with Gasteiger partial charge in [-0.15, -0.1) is 0 Å². The van der Waals surface area contributed by atoms with E-state index in [9.17, 15) is 0 Å². The summed E-state index contributed by atoms with van der Waals surface area (Å²) in [6.07, 6.45) is 1.30. The SMILES string of the molecule is CN1CCC(CN(C)c2nc(C(C)(C)C)ns2)C1. The number of nitrogens with zero attached hydrogens (tertiary/aromatic N) is 4. The van der Waals surface area contributed by atoms with E-state index in [4.69, 9.17) is 0 Å². The Balaban J connectivity index is 1.97. The van der Waals surface area contributed by atoms with Gasteiger partial charge in [0.2, 0.25) is 5.13 Å². The van der Waals surface area contributed by atoms with E-state index in [1.165, 1.54) is 31.0 Å². The van der Waals surface area contributed by atoms with E-state index in [-0.39, 0.29) is 5.41 Å². The smallest absolute Gasteiger partial charge is 0.204 e. The number of likely N-dealkylation sites (tertiary alicyclic amines) is 1. The van der Waals surface area contributed by atoms with E-state index in [1.54, 1.807) is 0 Å². The summed E-state index contributed by atoms with van der Waals surface area (Å²) in [6, 6.07) is 0. The number of aromatic nitrogens is 2. The zero-order valence-corrected chi connectivity index (χ0v) is 12.9. The topological polar surface area (TPSA) is 32.3 Å². The molecule has 18 heavy (non-hydrogen) atoms. The minimum absolute atomic E-state index is 0.0448. The second-order valence-electron chi connectivity index (χ2n) is 6.45. The number of hydrogen-bond donors (Lipinski definition) is 0. The van der Waals surface area contributed by atoms with Crippen LogP contribution in [0, 0.1) is 5.92 Å². The normalized spacial score (nSPS) is 21.5. The van der Waals surface area contributed by atoms with Crippen LogP contribution in [0.15, 0.2) is 0 Å². The van der Waals surface area contributed by atoms with Crippen molar-refractivity contribution in [2.75, 3.05) is 38.6 Å². The van der Waals surface area contributed by atoms with Crippen LogP contribution in [0.3, 0.4) is 0 Å². The highest BCUT2D eigenvalue weighted by molar-refractivity contribution is 7.09. The van der Waals surface area contributed by atoms with Gasteiger partial charge in [0.1, 0.15) is 5.82 Å².